The van der Waals surface area contributed by atoms with Gasteiger partial charge in [-0.2, -0.15) is 0 Å². The minimum Gasteiger partial charge on any atom is -0.478 e. The van der Waals surface area contributed by atoms with E-state index in [1.165, 1.54) is 12.1 Å². The van der Waals surface area contributed by atoms with E-state index in [0.717, 1.165) is 24.8 Å². The van der Waals surface area contributed by atoms with Gasteiger partial charge in [0, 0.05) is 31.2 Å². The molecule has 2 bridgehead atoms. The van der Waals surface area contributed by atoms with E-state index in [2.05, 4.69) is 12.2 Å². The summed E-state index contributed by atoms with van der Waals surface area (Å²) in [4.78, 5) is 47.8. The van der Waals surface area contributed by atoms with Gasteiger partial charge < -0.3 is 24.6 Å². The van der Waals surface area contributed by atoms with Gasteiger partial charge >= 0.3 is 11.9 Å². The molecule has 1 spiro atoms. The lowest BCUT2D eigenvalue weighted by Gasteiger charge is -2.59. The second kappa shape index (κ2) is 9.98. The summed E-state index contributed by atoms with van der Waals surface area (Å²) in [6.07, 6.45) is 1.95. The molecule has 4 saturated heterocycles. The standard InChI is InChI=1S/C27H35NO9/c1-15-4-9-20-16(2)24(34-25-27(20)19(15)12-13-26(3,35-25)36-37-27)33-22(30)11-10-21(29)28-14-17-5-7-18(8-6-17)23(31)32/h5-8,15-16,19-20,24-25H,4,9-14H2,1-3H3,(H,28,29)(H,31,32)/t15-,16-,19+,20+,24-,25-,26+,27+/m1/s1. The Labute approximate surface area is 215 Å². The Kier molecular flexibility index (Phi) is 7.04. The number of benzene rings is 1. The third kappa shape index (κ3) is 4.87. The number of hydrogen-bond donors (Lipinski definition) is 2. The number of esters is 1. The maximum absolute atomic E-state index is 12.7. The number of nitrogens with one attached hydrogen (secondary N) is 1. The molecule has 0 unspecified atom stereocenters. The van der Waals surface area contributed by atoms with Crippen LogP contribution in [0.2, 0.25) is 0 Å². The first-order chi connectivity index (χ1) is 17.6. The van der Waals surface area contributed by atoms with Crippen LogP contribution in [0.15, 0.2) is 24.3 Å². The number of rotatable bonds is 7. The van der Waals surface area contributed by atoms with Crippen molar-refractivity contribution in [3.05, 3.63) is 35.4 Å². The zero-order chi connectivity index (χ0) is 26.4. The number of carbonyl (C=O) groups excluding carboxylic acids is 2. The van der Waals surface area contributed by atoms with Crippen molar-refractivity contribution in [2.75, 3.05) is 0 Å². The second-order valence-electron chi connectivity index (χ2n) is 11.0. The van der Waals surface area contributed by atoms with Crippen LogP contribution < -0.4 is 5.32 Å². The monoisotopic (exact) mass is 517 g/mol. The molecule has 4 heterocycles. The maximum Gasteiger partial charge on any atom is 0.335 e. The molecule has 2 N–H and O–H groups in total. The topological polar surface area (TPSA) is 130 Å². The predicted molar refractivity (Wildman–Crippen MR) is 127 cm³/mol. The number of fused-ring (bicyclic) bond motifs is 2. The molecule has 1 amide bonds. The lowest BCUT2D eigenvalue weighted by Crippen LogP contribution is -2.70. The SMILES string of the molecule is C[C@H]1[C@H](OC(=O)CCC(=O)NCc2ccc(C(=O)O)cc2)O[C@@H]2O[C@]3(C)CC[C@H]4[C@H](C)CC[C@@H]1[C@]24OO3. The Morgan fingerprint density at radius 3 is 2.54 bits per heavy atom. The van der Waals surface area contributed by atoms with Gasteiger partial charge in [-0.1, -0.05) is 26.0 Å². The summed E-state index contributed by atoms with van der Waals surface area (Å²) in [5.74, 6) is -2.15. The molecule has 37 heavy (non-hydrogen) atoms. The van der Waals surface area contributed by atoms with E-state index < -0.39 is 35.9 Å². The van der Waals surface area contributed by atoms with Gasteiger partial charge in [0.1, 0.15) is 0 Å². The van der Waals surface area contributed by atoms with Gasteiger partial charge in [-0.05, 0) is 55.7 Å². The summed E-state index contributed by atoms with van der Waals surface area (Å²) in [7, 11) is 0. The van der Waals surface area contributed by atoms with Gasteiger partial charge in [-0.25, -0.2) is 14.6 Å². The number of ether oxygens (including phenoxy) is 3. The molecule has 1 aromatic carbocycles. The molecule has 10 nitrogen and oxygen atoms in total. The molecule has 202 valence electrons. The Balaban J connectivity index is 1.16. The van der Waals surface area contributed by atoms with Crippen LogP contribution in [0.25, 0.3) is 0 Å². The number of aromatic carboxylic acids is 1. The zero-order valence-corrected chi connectivity index (χ0v) is 21.4. The van der Waals surface area contributed by atoms with Crippen LogP contribution in [-0.2, 0) is 40.1 Å². The van der Waals surface area contributed by atoms with E-state index in [0.29, 0.717) is 12.3 Å². The van der Waals surface area contributed by atoms with Gasteiger partial charge in [-0.15, -0.1) is 0 Å². The van der Waals surface area contributed by atoms with Crippen molar-refractivity contribution in [2.45, 2.75) is 89.8 Å². The van der Waals surface area contributed by atoms with E-state index >= 15 is 0 Å². The van der Waals surface area contributed by atoms with Crippen LogP contribution in [0.4, 0.5) is 0 Å². The van der Waals surface area contributed by atoms with Crippen LogP contribution in [0.3, 0.4) is 0 Å². The summed E-state index contributed by atoms with van der Waals surface area (Å²) in [5.41, 5.74) is 0.215. The van der Waals surface area contributed by atoms with Crippen LogP contribution in [0.5, 0.6) is 0 Å². The number of amides is 1. The molecule has 10 heteroatoms. The molecule has 1 aliphatic carbocycles. The molecule has 1 saturated carbocycles. The lowest BCUT2D eigenvalue weighted by atomic mass is 9.58. The molecule has 0 radical (unpaired) electrons. The summed E-state index contributed by atoms with van der Waals surface area (Å²) in [6.45, 7) is 6.33. The smallest absolute Gasteiger partial charge is 0.335 e. The highest BCUT2D eigenvalue weighted by molar-refractivity contribution is 5.87. The third-order valence-electron chi connectivity index (χ3n) is 8.59. The average molecular weight is 518 g/mol. The summed E-state index contributed by atoms with van der Waals surface area (Å²) < 4.78 is 18.3. The molecule has 8 atom stereocenters. The van der Waals surface area contributed by atoms with Gasteiger partial charge in [0.15, 0.2) is 11.9 Å². The van der Waals surface area contributed by atoms with Crippen molar-refractivity contribution in [1.29, 1.82) is 0 Å². The van der Waals surface area contributed by atoms with E-state index in [4.69, 9.17) is 29.1 Å². The molecule has 1 aromatic rings. The summed E-state index contributed by atoms with van der Waals surface area (Å²) >= 11 is 0. The minimum absolute atomic E-state index is 0.0327. The Hall–Kier alpha value is -2.53. The lowest BCUT2D eigenvalue weighted by molar-refractivity contribution is -0.576. The Bertz CT molecular complexity index is 1040. The molecular formula is C27H35NO9. The van der Waals surface area contributed by atoms with E-state index in [9.17, 15) is 14.4 Å². The fraction of sp³-hybridized carbons (Fsp3) is 0.667. The highest BCUT2D eigenvalue weighted by atomic mass is 17.3. The fourth-order valence-electron chi connectivity index (χ4n) is 6.46. The van der Waals surface area contributed by atoms with Crippen molar-refractivity contribution < 1.29 is 43.5 Å². The number of carboxylic acid groups (broad SMARTS) is 1. The highest BCUT2D eigenvalue weighted by Gasteiger charge is 2.69. The maximum atomic E-state index is 12.7. The zero-order valence-electron chi connectivity index (χ0n) is 21.4. The molecule has 5 fully saturated rings. The summed E-state index contributed by atoms with van der Waals surface area (Å²) in [5, 5.41) is 11.7. The second-order valence-corrected chi connectivity index (χ2v) is 11.0. The van der Waals surface area contributed by atoms with E-state index in [-0.39, 0.29) is 48.6 Å². The van der Waals surface area contributed by atoms with Crippen molar-refractivity contribution in [3.8, 4) is 0 Å². The molecule has 5 aliphatic rings. The summed E-state index contributed by atoms with van der Waals surface area (Å²) in [6, 6.07) is 6.24. The van der Waals surface area contributed by atoms with Crippen molar-refractivity contribution in [1.82, 2.24) is 5.32 Å². The average Bonchev–Trinajstić information content (AvgIpc) is 3.10. The quantitative estimate of drug-likeness (QED) is 0.412. The van der Waals surface area contributed by atoms with Crippen LogP contribution in [0.1, 0.15) is 75.2 Å². The Morgan fingerprint density at radius 1 is 1.05 bits per heavy atom. The predicted octanol–water partition coefficient (Wildman–Crippen LogP) is 3.53. The van der Waals surface area contributed by atoms with Gasteiger partial charge in [0.2, 0.25) is 18.0 Å². The van der Waals surface area contributed by atoms with Gasteiger partial charge in [0.25, 0.3) is 0 Å². The van der Waals surface area contributed by atoms with Crippen LogP contribution >= 0.6 is 0 Å². The molecular weight excluding hydrogens is 482 g/mol. The first kappa shape index (κ1) is 26.1. The normalized spacial score (nSPS) is 38.2. The van der Waals surface area contributed by atoms with Crippen molar-refractivity contribution in [3.63, 3.8) is 0 Å². The number of carboxylic acids is 1. The minimum atomic E-state index is -1.01. The first-order valence-corrected chi connectivity index (χ1v) is 13.1. The van der Waals surface area contributed by atoms with E-state index in [1.54, 1.807) is 12.1 Å². The number of carbonyl (C=O) groups is 3. The molecule has 0 aromatic heterocycles. The largest absolute Gasteiger partial charge is 0.478 e. The van der Waals surface area contributed by atoms with Crippen molar-refractivity contribution in [2.24, 2.45) is 23.7 Å². The fourth-order valence-corrected chi connectivity index (χ4v) is 6.46. The Morgan fingerprint density at radius 2 is 1.81 bits per heavy atom. The first-order valence-electron chi connectivity index (χ1n) is 13.1. The third-order valence-corrected chi connectivity index (χ3v) is 8.59. The van der Waals surface area contributed by atoms with Crippen LogP contribution in [0, 0.1) is 23.7 Å². The van der Waals surface area contributed by atoms with E-state index in [1.807, 2.05) is 13.8 Å². The highest BCUT2D eigenvalue weighted by Crippen LogP contribution is 2.60. The molecule has 4 aliphatic heterocycles. The molecule has 6 rings (SSSR count). The van der Waals surface area contributed by atoms with Gasteiger partial charge in [0.05, 0.1) is 12.0 Å². The van der Waals surface area contributed by atoms with Gasteiger partial charge in [-0.3, -0.25) is 9.59 Å². The van der Waals surface area contributed by atoms with Crippen LogP contribution in [-0.4, -0.2) is 46.9 Å². The van der Waals surface area contributed by atoms with Crippen molar-refractivity contribution >= 4 is 17.8 Å². The number of hydrogen-bond acceptors (Lipinski definition) is 8.